The van der Waals surface area contributed by atoms with E-state index < -0.39 is 6.10 Å². The monoisotopic (exact) mass is 635 g/mol. The van der Waals surface area contributed by atoms with Crippen LogP contribution in [0.15, 0.2) is 42.5 Å². The Bertz CT molecular complexity index is 1250. The molecule has 39 heavy (non-hydrogen) atoms. The van der Waals surface area contributed by atoms with Gasteiger partial charge in [-0.1, -0.05) is 59.9 Å². The lowest BCUT2D eigenvalue weighted by Gasteiger charge is -2.37. The number of para-hydroxylation sites is 1. The highest BCUT2D eigenvalue weighted by Crippen LogP contribution is 2.33. The summed E-state index contributed by atoms with van der Waals surface area (Å²) in [7, 11) is 0. The van der Waals surface area contributed by atoms with Gasteiger partial charge in [0, 0.05) is 45.7 Å². The van der Waals surface area contributed by atoms with Crippen LogP contribution in [-0.2, 0) is 6.42 Å². The van der Waals surface area contributed by atoms with Gasteiger partial charge in [-0.2, -0.15) is 0 Å². The van der Waals surface area contributed by atoms with Crippen LogP contribution in [0.5, 0.6) is 0 Å². The molecule has 1 fully saturated rings. The summed E-state index contributed by atoms with van der Waals surface area (Å²) >= 11 is 19.0. The van der Waals surface area contributed by atoms with Crippen LogP contribution in [0, 0.1) is 6.92 Å². The van der Waals surface area contributed by atoms with E-state index in [0.29, 0.717) is 33.7 Å². The number of nitrogens with one attached hydrogen (secondary N) is 1. The van der Waals surface area contributed by atoms with E-state index in [0.717, 1.165) is 55.5 Å². The van der Waals surface area contributed by atoms with E-state index in [1.54, 1.807) is 6.07 Å². The van der Waals surface area contributed by atoms with Gasteiger partial charge in [0.1, 0.15) is 11.5 Å². The van der Waals surface area contributed by atoms with Gasteiger partial charge in [0.25, 0.3) is 5.91 Å². The van der Waals surface area contributed by atoms with Gasteiger partial charge in [0.05, 0.1) is 38.2 Å². The van der Waals surface area contributed by atoms with Crippen molar-refractivity contribution in [1.82, 2.24) is 19.8 Å². The van der Waals surface area contributed by atoms with Gasteiger partial charge in [-0.3, -0.25) is 14.3 Å². The summed E-state index contributed by atoms with van der Waals surface area (Å²) in [6.45, 7) is 7.64. The van der Waals surface area contributed by atoms with Gasteiger partial charge in [0.15, 0.2) is 0 Å². The highest BCUT2D eigenvalue weighted by atomic mass is 35.5. The number of aliphatic hydroxyl groups excluding tert-OH is 1. The van der Waals surface area contributed by atoms with Crippen LogP contribution in [-0.4, -0.2) is 70.8 Å². The third-order valence-corrected chi connectivity index (χ3v) is 7.70. The van der Waals surface area contributed by atoms with Gasteiger partial charge in [0.2, 0.25) is 0 Å². The SMILES string of the molecule is CCCc1nc(C(=O)NCC(O)CN2CCN(c3cccc(Cl)c3Cl)CC2)c(C)n1-c1ccccc1Cl.Cl.Cl. The third-order valence-electron chi connectivity index (χ3n) is 6.57. The molecule has 3 aromatic rings. The van der Waals surface area contributed by atoms with Gasteiger partial charge in [-0.05, 0) is 37.6 Å². The number of imidazole rings is 1. The van der Waals surface area contributed by atoms with E-state index in [-0.39, 0.29) is 37.3 Å². The lowest BCUT2D eigenvalue weighted by atomic mass is 10.2. The Labute approximate surface area is 257 Å². The summed E-state index contributed by atoms with van der Waals surface area (Å²) in [5.41, 5.74) is 2.80. The molecule has 2 heterocycles. The van der Waals surface area contributed by atoms with E-state index in [9.17, 15) is 9.90 Å². The van der Waals surface area contributed by atoms with Gasteiger partial charge in [-0.15, -0.1) is 24.8 Å². The molecule has 1 aliphatic rings. The summed E-state index contributed by atoms with van der Waals surface area (Å²) in [6, 6.07) is 13.2. The molecule has 1 aliphatic heterocycles. The fourth-order valence-electron chi connectivity index (χ4n) is 4.68. The molecule has 1 saturated heterocycles. The molecular weight excluding hydrogens is 604 g/mol. The molecule has 0 radical (unpaired) electrons. The molecule has 1 amide bonds. The average Bonchev–Trinajstić information content (AvgIpc) is 3.21. The Hall–Kier alpha value is -1.71. The maximum Gasteiger partial charge on any atom is 0.271 e. The van der Waals surface area contributed by atoms with Crippen LogP contribution in [0.4, 0.5) is 5.69 Å². The average molecular weight is 638 g/mol. The number of halogens is 5. The normalized spacial score (nSPS) is 14.4. The standard InChI is InChI=1S/C27H32Cl3N5O2.2ClH/c1-3-7-24-32-26(18(2)35(24)22-10-5-4-8-20(22)28)27(37)31-16-19(36)17-33-12-14-34(15-13-33)23-11-6-9-21(29)25(23)30;;/h4-6,8-11,19,36H,3,7,12-17H2,1-2H3,(H,31,37);2*1H. The second kappa shape index (κ2) is 15.3. The Kier molecular flexibility index (Phi) is 13.2. The van der Waals surface area contributed by atoms with Crippen molar-refractivity contribution in [3.8, 4) is 5.69 Å². The third kappa shape index (κ3) is 7.94. The maximum atomic E-state index is 13.0. The van der Waals surface area contributed by atoms with Crippen LogP contribution in [0.25, 0.3) is 5.69 Å². The maximum absolute atomic E-state index is 13.0. The number of benzene rings is 2. The Balaban J connectivity index is 0.00000267. The van der Waals surface area contributed by atoms with Crippen molar-refractivity contribution in [2.24, 2.45) is 0 Å². The number of nitrogens with zero attached hydrogens (tertiary/aromatic N) is 4. The van der Waals surface area contributed by atoms with Crippen molar-refractivity contribution in [3.63, 3.8) is 0 Å². The van der Waals surface area contributed by atoms with Gasteiger partial charge >= 0.3 is 0 Å². The molecule has 4 rings (SSSR count). The Morgan fingerprint density at radius 3 is 2.31 bits per heavy atom. The second-order valence-corrected chi connectivity index (χ2v) is 10.4. The molecule has 0 aliphatic carbocycles. The zero-order valence-electron chi connectivity index (χ0n) is 21.9. The minimum atomic E-state index is -0.702. The van der Waals surface area contributed by atoms with Crippen LogP contribution < -0.4 is 10.2 Å². The number of anilines is 1. The van der Waals surface area contributed by atoms with E-state index in [1.807, 2.05) is 47.9 Å². The number of aromatic nitrogens is 2. The summed E-state index contributed by atoms with van der Waals surface area (Å²) in [5.74, 6) is 0.483. The van der Waals surface area contributed by atoms with Crippen LogP contribution >= 0.6 is 59.6 Å². The first kappa shape index (κ1) is 33.5. The summed E-state index contributed by atoms with van der Waals surface area (Å²) in [6.07, 6.45) is 0.901. The number of carbonyl (C=O) groups excluding carboxylic acids is 1. The molecule has 1 aromatic heterocycles. The predicted molar refractivity (Wildman–Crippen MR) is 165 cm³/mol. The summed E-state index contributed by atoms with van der Waals surface area (Å²) in [5, 5.41) is 15.2. The number of rotatable bonds is 9. The minimum absolute atomic E-state index is 0. The first-order chi connectivity index (χ1) is 17.8. The molecule has 2 aromatic carbocycles. The molecule has 1 unspecified atom stereocenters. The number of piperazine rings is 1. The first-order valence-electron chi connectivity index (χ1n) is 12.5. The Morgan fingerprint density at radius 1 is 1.00 bits per heavy atom. The highest BCUT2D eigenvalue weighted by Gasteiger charge is 2.24. The Morgan fingerprint density at radius 2 is 1.64 bits per heavy atom. The molecular formula is C27H34Cl5N5O2. The zero-order valence-corrected chi connectivity index (χ0v) is 25.8. The molecule has 2 N–H and O–H groups in total. The van der Waals surface area contributed by atoms with Crippen molar-refractivity contribution >= 4 is 71.2 Å². The van der Waals surface area contributed by atoms with Crippen molar-refractivity contribution in [1.29, 1.82) is 0 Å². The molecule has 0 bridgehead atoms. The summed E-state index contributed by atoms with van der Waals surface area (Å²) < 4.78 is 1.95. The lowest BCUT2D eigenvalue weighted by Crippen LogP contribution is -2.50. The zero-order chi connectivity index (χ0) is 26.5. The summed E-state index contributed by atoms with van der Waals surface area (Å²) in [4.78, 5) is 22.1. The highest BCUT2D eigenvalue weighted by molar-refractivity contribution is 6.43. The van der Waals surface area contributed by atoms with E-state index >= 15 is 0 Å². The van der Waals surface area contributed by atoms with E-state index in [1.165, 1.54) is 0 Å². The molecule has 214 valence electrons. The fourth-order valence-corrected chi connectivity index (χ4v) is 5.32. The molecule has 12 heteroatoms. The smallest absolute Gasteiger partial charge is 0.271 e. The number of aliphatic hydroxyl groups is 1. The number of hydrogen-bond acceptors (Lipinski definition) is 5. The largest absolute Gasteiger partial charge is 0.390 e. The number of β-amino-alcohol motifs (C(OH)–C–C–N with tert-alkyl or cyclic N) is 1. The minimum Gasteiger partial charge on any atom is -0.390 e. The number of hydrogen-bond donors (Lipinski definition) is 2. The van der Waals surface area contributed by atoms with Crippen LogP contribution in [0.1, 0.15) is 35.4 Å². The quantitative estimate of drug-likeness (QED) is 0.308. The van der Waals surface area contributed by atoms with Crippen LogP contribution in [0.2, 0.25) is 15.1 Å². The number of carbonyl (C=O) groups is 1. The van der Waals surface area contributed by atoms with Gasteiger partial charge in [-0.25, -0.2) is 4.98 Å². The van der Waals surface area contributed by atoms with Crippen molar-refractivity contribution in [2.75, 3.05) is 44.2 Å². The second-order valence-electron chi connectivity index (χ2n) is 9.22. The lowest BCUT2D eigenvalue weighted by molar-refractivity contribution is 0.0847. The molecule has 0 spiro atoms. The fraction of sp³-hybridized carbons (Fsp3) is 0.407. The van der Waals surface area contributed by atoms with E-state index in [4.69, 9.17) is 34.8 Å². The molecule has 7 nitrogen and oxygen atoms in total. The topological polar surface area (TPSA) is 73.6 Å². The van der Waals surface area contributed by atoms with Gasteiger partial charge < -0.3 is 15.3 Å². The van der Waals surface area contributed by atoms with Crippen molar-refractivity contribution in [2.45, 2.75) is 32.8 Å². The van der Waals surface area contributed by atoms with Crippen molar-refractivity contribution in [3.05, 3.63) is 74.7 Å². The van der Waals surface area contributed by atoms with Crippen molar-refractivity contribution < 1.29 is 9.90 Å². The number of amides is 1. The predicted octanol–water partition coefficient (Wildman–Crippen LogP) is 5.85. The van der Waals surface area contributed by atoms with Crippen LogP contribution in [0.3, 0.4) is 0 Å². The molecule has 1 atom stereocenters. The van der Waals surface area contributed by atoms with E-state index in [2.05, 4.69) is 27.0 Å². The molecule has 0 saturated carbocycles. The number of aryl methyl sites for hydroxylation is 1. The first-order valence-corrected chi connectivity index (χ1v) is 13.6.